The zero-order valence-electron chi connectivity index (χ0n) is 12.9. The molecule has 0 saturated carbocycles. The van der Waals surface area contributed by atoms with E-state index in [4.69, 9.17) is 23.2 Å². The molecular formula is C16H13Cl2N5OS. The van der Waals surface area contributed by atoms with Gasteiger partial charge in [-0.15, -0.1) is 5.10 Å². The summed E-state index contributed by atoms with van der Waals surface area (Å²) < 4.78 is 1.64. The highest BCUT2D eigenvalue weighted by Crippen LogP contribution is 2.23. The number of aromatic nitrogens is 4. The van der Waals surface area contributed by atoms with E-state index in [1.54, 1.807) is 22.9 Å². The maximum absolute atomic E-state index is 12.0. The number of carbonyl (C=O) groups is 1. The number of para-hydroxylation sites is 1. The van der Waals surface area contributed by atoms with Crippen LogP contribution < -0.4 is 5.32 Å². The topological polar surface area (TPSA) is 72.7 Å². The fraction of sp³-hybridized carbons (Fsp3) is 0.125. The van der Waals surface area contributed by atoms with E-state index in [0.717, 1.165) is 5.69 Å². The van der Waals surface area contributed by atoms with Gasteiger partial charge in [-0.2, -0.15) is 4.68 Å². The Morgan fingerprint density at radius 2 is 1.84 bits per heavy atom. The molecule has 0 bridgehead atoms. The molecule has 0 aliphatic carbocycles. The molecule has 9 heteroatoms. The van der Waals surface area contributed by atoms with E-state index in [0.29, 0.717) is 33.1 Å². The van der Waals surface area contributed by atoms with E-state index in [1.807, 2.05) is 30.3 Å². The number of tetrazole rings is 1. The molecule has 1 N–H and O–H groups in total. The van der Waals surface area contributed by atoms with Gasteiger partial charge in [-0.05, 0) is 40.8 Å². The van der Waals surface area contributed by atoms with Gasteiger partial charge in [-0.25, -0.2) is 0 Å². The normalized spacial score (nSPS) is 10.6. The maximum Gasteiger partial charge on any atom is 0.225 e. The van der Waals surface area contributed by atoms with Crippen LogP contribution in [0.4, 0.5) is 5.69 Å². The van der Waals surface area contributed by atoms with Crippen molar-refractivity contribution in [2.45, 2.75) is 11.6 Å². The molecule has 0 aliphatic rings. The monoisotopic (exact) mass is 393 g/mol. The van der Waals surface area contributed by atoms with Gasteiger partial charge >= 0.3 is 0 Å². The molecule has 128 valence electrons. The molecule has 0 unspecified atom stereocenters. The number of anilines is 1. The highest BCUT2D eigenvalue weighted by atomic mass is 35.5. The second-order valence-corrected chi connectivity index (χ2v) is 6.95. The Balaban J connectivity index is 1.55. The summed E-state index contributed by atoms with van der Waals surface area (Å²) in [5.41, 5.74) is 1.44. The highest BCUT2D eigenvalue weighted by Gasteiger charge is 2.10. The van der Waals surface area contributed by atoms with Crippen LogP contribution >= 0.6 is 35.0 Å². The number of amides is 1. The first-order valence-electron chi connectivity index (χ1n) is 7.34. The molecule has 1 aromatic heterocycles. The number of halogens is 2. The van der Waals surface area contributed by atoms with Crippen molar-refractivity contribution in [3.63, 3.8) is 0 Å². The van der Waals surface area contributed by atoms with E-state index in [-0.39, 0.29) is 5.91 Å². The van der Waals surface area contributed by atoms with E-state index < -0.39 is 0 Å². The number of hydrogen-bond donors (Lipinski definition) is 1. The Kier molecular flexibility index (Phi) is 5.91. The average Bonchev–Trinajstić information content (AvgIpc) is 3.03. The van der Waals surface area contributed by atoms with E-state index >= 15 is 0 Å². The standard InChI is InChI=1S/C16H13Cl2N5OS/c17-11-8-12(18)10-13(9-11)19-15(24)6-7-25-16-20-21-22-23(16)14-4-2-1-3-5-14/h1-5,8-10H,6-7H2,(H,19,24). The lowest BCUT2D eigenvalue weighted by molar-refractivity contribution is -0.115. The number of thioether (sulfide) groups is 1. The largest absolute Gasteiger partial charge is 0.326 e. The Morgan fingerprint density at radius 1 is 1.12 bits per heavy atom. The first-order chi connectivity index (χ1) is 12.1. The maximum atomic E-state index is 12.0. The molecule has 3 aromatic rings. The molecule has 0 atom stereocenters. The molecule has 0 fully saturated rings. The first kappa shape index (κ1) is 17.7. The summed E-state index contributed by atoms with van der Waals surface area (Å²) in [5.74, 6) is 0.400. The summed E-state index contributed by atoms with van der Waals surface area (Å²) in [7, 11) is 0. The number of carbonyl (C=O) groups excluding carboxylic acids is 1. The summed E-state index contributed by atoms with van der Waals surface area (Å²) in [4.78, 5) is 12.0. The van der Waals surface area contributed by atoms with Crippen molar-refractivity contribution in [1.82, 2.24) is 20.2 Å². The van der Waals surface area contributed by atoms with Gasteiger partial charge in [0.2, 0.25) is 11.1 Å². The summed E-state index contributed by atoms with van der Waals surface area (Å²) in [6.07, 6.45) is 0.302. The lowest BCUT2D eigenvalue weighted by Gasteiger charge is -2.06. The van der Waals surface area contributed by atoms with Crippen LogP contribution in [0.3, 0.4) is 0 Å². The van der Waals surface area contributed by atoms with Gasteiger partial charge in [0, 0.05) is 27.9 Å². The molecule has 0 aliphatic heterocycles. The number of nitrogens with one attached hydrogen (secondary N) is 1. The van der Waals surface area contributed by atoms with Crippen molar-refractivity contribution in [1.29, 1.82) is 0 Å². The second kappa shape index (κ2) is 8.33. The smallest absolute Gasteiger partial charge is 0.225 e. The summed E-state index contributed by atoms with van der Waals surface area (Å²) in [5, 5.41) is 16.0. The fourth-order valence-electron chi connectivity index (χ4n) is 2.08. The molecule has 0 spiro atoms. The number of hydrogen-bond acceptors (Lipinski definition) is 5. The van der Waals surface area contributed by atoms with Gasteiger partial charge in [0.25, 0.3) is 0 Å². The predicted molar refractivity (Wildman–Crippen MR) is 99.6 cm³/mol. The SMILES string of the molecule is O=C(CCSc1nnnn1-c1ccccc1)Nc1cc(Cl)cc(Cl)c1. The fourth-order valence-corrected chi connectivity index (χ4v) is 3.44. The van der Waals surface area contributed by atoms with Crippen LogP contribution in [0.15, 0.2) is 53.7 Å². The van der Waals surface area contributed by atoms with Gasteiger partial charge < -0.3 is 5.32 Å². The van der Waals surface area contributed by atoms with Crippen LogP contribution in [0.25, 0.3) is 5.69 Å². The number of benzene rings is 2. The molecule has 1 amide bonds. The van der Waals surface area contributed by atoms with Gasteiger partial charge in [0.05, 0.1) is 5.69 Å². The summed E-state index contributed by atoms with van der Waals surface area (Å²) >= 11 is 13.2. The third-order valence-electron chi connectivity index (χ3n) is 3.15. The number of nitrogens with zero attached hydrogens (tertiary/aromatic N) is 4. The van der Waals surface area contributed by atoms with Gasteiger partial charge in [-0.1, -0.05) is 53.2 Å². The van der Waals surface area contributed by atoms with E-state index in [1.165, 1.54) is 11.8 Å². The number of rotatable bonds is 6. The minimum Gasteiger partial charge on any atom is -0.326 e. The molecular weight excluding hydrogens is 381 g/mol. The lowest BCUT2D eigenvalue weighted by Crippen LogP contribution is -2.12. The molecule has 1 heterocycles. The summed E-state index contributed by atoms with van der Waals surface area (Å²) in [6, 6.07) is 14.5. The quantitative estimate of drug-likeness (QED) is 0.638. The average molecular weight is 394 g/mol. The van der Waals surface area contributed by atoms with E-state index in [2.05, 4.69) is 20.8 Å². The zero-order valence-corrected chi connectivity index (χ0v) is 15.2. The molecule has 0 radical (unpaired) electrons. The third-order valence-corrected chi connectivity index (χ3v) is 4.51. The van der Waals surface area contributed by atoms with Crippen molar-refractivity contribution in [3.8, 4) is 5.69 Å². The van der Waals surface area contributed by atoms with Crippen molar-refractivity contribution in [2.75, 3.05) is 11.1 Å². The molecule has 0 saturated heterocycles. The van der Waals surface area contributed by atoms with Crippen molar-refractivity contribution >= 4 is 46.6 Å². The molecule has 6 nitrogen and oxygen atoms in total. The predicted octanol–water partition coefficient (Wildman–Crippen LogP) is 4.09. The second-order valence-electron chi connectivity index (χ2n) is 5.01. The Hall–Kier alpha value is -2.09. The van der Waals surface area contributed by atoms with Crippen LogP contribution in [-0.4, -0.2) is 31.9 Å². The zero-order chi connectivity index (χ0) is 17.6. The first-order valence-corrected chi connectivity index (χ1v) is 9.08. The minimum atomic E-state index is -0.135. The van der Waals surface area contributed by atoms with Crippen molar-refractivity contribution < 1.29 is 4.79 Å². The van der Waals surface area contributed by atoms with Crippen LogP contribution in [0.1, 0.15) is 6.42 Å². The lowest BCUT2D eigenvalue weighted by atomic mass is 10.3. The highest BCUT2D eigenvalue weighted by molar-refractivity contribution is 7.99. The van der Waals surface area contributed by atoms with Crippen LogP contribution in [-0.2, 0) is 4.79 Å². The molecule has 2 aromatic carbocycles. The van der Waals surface area contributed by atoms with Crippen LogP contribution in [0.2, 0.25) is 10.0 Å². The minimum absolute atomic E-state index is 0.135. The third kappa shape index (κ3) is 4.94. The van der Waals surface area contributed by atoms with Crippen LogP contribution in [0.5, 0.6) is 0 Å². The van der Waals surface area contributed by atoms with E-state index in [9.17, 15) is 4.79 Å². The summed E-state index contributed by atoms with van der Waals surface area (Å²) in [6.45, 7) is 0. The van der Waals surface area contributed by atoms with Gasteiger partial charge in [0.1, 0.15) is 0 Å². The Bertz CT molecular complexity index is 852. The molecule has 25 heavy (non-hydrogen) atoms. The van der Waals surface area contributed by atoms with Crippen molar-refractivity contribution in [2.24, 2.45) is 0 Å². The van der Waals surface area contributed by atoms with Crippen LogP contribution in [0, 0.1) is 0 Å². The Labute approximate surface area is 158 Å². The van der Waals surface area contributed by atoms with Gasteiger partial charge in [0.15, 0.2) is 0 Å². The molecule has 3 rings (SSSR count). The van der Waals surface area contributed by atoms with Crippen molar-refractivity contribution in [3.05, 3.63) is 58.6 Å². The Morgan fingerprint density at radius 3 is 2.56 bits per heavy atom. The van der Waals surface area contributed by atoms with Gasteiger partial charge in [-0.3, -0.25) is 4.79 Å².